The lowest BCUT2D eigenvalue weighted by Crippen LogP contribution is -2.36. The Balaban J connectivity index is 1.29. The Bertz CT molecular complexity index is 1070. The second-order valence-electron chi connectivity index (χ2n) is 8.18. The second-order valence-corrected chi connectivity index (χ2v) is 8.55. The zero-order chi connectivity index (χ0) is 20.5. The Morgan fingerprint density at radius 1 is 1.10 bits per heavy atom. The highest BCUT2D eigenvalue weighted by molar-refractivity contribution is 7.71. The number of halogens is 1. The molecule has 2 aliphatic rings. The maximum atomic E-state index is 13.2. The van der Waals surface area contributed by atoms with Gasteiger partial charge in [0, 0.05) is 25.1 Å². The van der Waals surface area contributed by atoms with E-state index in [0.717, 1.165) is 55.1 Å². The molecule has 5 rings (SSSR count). The van der Waals surface area contributed by atoms with E-state index in [9.17, 15) is 4.39 Å². The average Bonchev–Trinajstić information content (AvgIpc) is 3.27. The van der Waals surface area contributed by atoms with Crippen LogP contribution in [-0.2, 0) is 19.6 Å². The van der Waals surface area contributed by atoms with Gasteiger partial charge in [0.05, 0.1) is 12.6 Å². The van der Waals surface area contributed by atoms with Crippen molar-refractivity contribution in [1.29, 1.82) is 0 Å². The van der Waals surface area contributed by atoms with Gasteiger partial charge in [-0.1, -0.05) is 11.6 Å². The molecule has 4 heterocycles. The van der Waals surface area contributed by atoms with Crippen LogP contribution in [-0.4, -0.2) is 42.5 Å². The van der Waals surface area contributed by atoms with E-state index in [0.29, 0.717) is 18.4 Å². The maximum absolute atomic E-state index is 13.2. The van der Waals surface area contributed by atoms with Gasteiger partial charge in [-0.25, -0.2) is 9.07 Å². The number of nitrogens with zero attached hydrogens (tertiary/aromatic N) is 6. The summed E-state index contributed by atoms with van der Waals surface area (Å²) in [5, 5.41) is 8.91. The molecule has 0 saturated carbocycles. The SMILES string of the molecule is Fc1ccc(-c2noc(C3CCCN(Cn4nc5n(c4=S)CCCCC5)C3)n2)cc1. The van der Waals surface area contributed by atoms with Crippen molar-refractivity contribution in [2.24, 2.45) is 0 Å². The van der Waals surface area contributed by atoms with E-state index < -0.39 is 0 Å². The summed E-state index contributed by atoms with van der Waals surface area (Å²) in [6.45, 7) is 3.49. The molecule has 3 aromatic rings. The number of hydrogen-bond donors (Lipinski definition) is 0. The van der Waals surface area contributed by atoms with Crippen LogP contribution in [0.4, 0.5) is 4.39 Å². The molecule has 1 fully saturated rings. The fourth-order valence-electron chi connectivity index (χ4n) is 4.41. The van der Waals surface area contributed by atoms with Crippen LogP contribution in [0.2, 0.25) is 0 Å². The second kappa shape index (κ2) is 8.39. The zero-order valence-electron chi connectivity index (χ0n) is 16.8. The Morgan fingerprint density at radius 3 is 2.83 bits per heavy atom. The molecule has 0 bridgehead atoms. The van der Waals surface area contributed by atoms with Gasteiger partial charge in [0.2, 0.25) is 11.7 Å². The summed E-state index contributed by atoms with van der Waals surface area (Å²) in [6, 6.07) is 6.15. The number of hydrogen-bond acceptors (Lipinski definition) is 6. The molecule has 0 amide bonds. The van der Waals surface area contributed by atoms with Gasteiger partial charge < -0.3 is 9.09 Å². The molecule has 1 saturated heterocycles. The fourth-order valence-corrected chi connectivity index (χ4v) is 4.70. The van der Waals surface area contributed by atoms with E-state index in [1.807, 2.05) is 4.68 Å². The quantitative estimate of drug-likeness (QED) is 0.581. The Morgan fingerprint density at radius 2 is 1.97 bits per heavy atom. The minimum absolute atomic E-state index is 0.176. The number of aromatic nitrogens is 5. The lowest BCUT2D eigenvalue weighted by molar-refractivity contribution is 0.143. The predicted molar refractivity (Wildman–Crippen MR) is 112 cm³/mol. The smallest absolute Gasteiger partial charge is 0.231 e. The van der Waals surface area contributed by atoms with E-state index in [1.54, 1.807) is 12.1 Å². The van der Waals surface area contributed by atoms with Crippen LogP contribution >= 0.6 is 12.2 Å². The standard InChI is InChI=1S/C21H25FN6OS/c22-17-9-7-15(8-10-17)19-23-20(29-25-19)16-5-4-11-26(13-16)14-28-21(30)27-12-3-1-2-6-18(27)24-28/h7-10,16H,1-6,11-14H2. The molecule has 9 heteroatoms. The van der Waals surface area contributed by atoms with Crippen LogP contribution in [0.25, 0.3) is 11.4 Å². The van der Waals surface area contributed by atoms with Gasteiger partial charge in [-0.05, 0) is 68.7 Å². The first-order valence-corrected chi connectivity index (χ1v) is 11.1. The third-order valence-corrected chi connectivity index (χ3v) is 6.45. The summed E-state index contributed by atoms with van der Waals surface area (Å²) in [6.07, 6.45) is 6.67. The summed E-state index contributed by atoms with van der Waals surface area (Å²) in [7, 11) is 0. The monoisotopic (exact) mass is 428 g/mol. The van der Waals surface area contributed by atoms with Crippen LogP contribution < -0.4 is 0 Å². The van der Waals surface area contributed by atoms with Crippen LogP contribution in [0.1, 0.15) is 49.7 Å². The molecule has 0 radical (unpaired) electrons. The summed E-state index contributed by atoms with van der Waals surface area (Å²) in [5.74, 6) is 2.16. The molecule has 2 aliphatic heterocycles. The van der Waals surface area contributed by atoms with Gasteiger partial charge in [0.15, 0.2) is 4.77 Å². The summed E-state index contributed by atoms with van der Waals surface area (Å²) in [5.41, 5.74) is 0.755. The van der Waals surface area contributed by atoms with Gasteiger partial charge in [0.25, 0.3) is 0 Å². The number of piperidine rings is 1. The van der Waals surface area contributed by atoms with Crippen molar-refractivity contribution in [3.05, 3.63) is 46.6 Å². The van der Waals surface area contributed by atoms with Crippen molar-refractivity contribution in [1.82, 2.24) is 29.4 Å². The molecular weight excluding hydrogens is 403 g/mol. The molecule has 1 atom stereocenters. The predicted octanol–water partition coefficient (Wildman–Crippen LogP) is 4.17. The van der Waals surface area contributed by atoms with Crippen molar-refractivity contribution in [2.45, 2.75) is 57.7 Å². The van der Waals surface area contributed by atoms with Crippen LogP contribution in [0, 0.1) is 10.6 Å². The summed E-state index contributed by atoms with van der Waals surface area (Å²) >= 11 is 5.70. The Kier molecular flexibility index (Phi) is 5.47. The van der Waals surface area contributed by atoms with E-state index >= 15 is 0 Å². The molecule has 158 valence electrons. The van der Waals surface area contributed by atoms with Crippen molar-refractivity contribution in [3.63, 3.8) is 0 Å². The van der Waals surface area contributed by atoms with Crippen molar-refractivity contribution >= 4 is 12.2 Å². The molecule has 0 N–H and O–H groups in total. The first kappa shape index (κ1) is 19.6. The van der Waals surface area contributed by atoms with Crippen molar-refractivity contribution < 1.29 is 8.91 Å². The molecule has 1 aromatic carbocycles. The molecule has 30 heavy (non-hydrogen) atoms. The highest BCUT2D eigenvalue weighted by Crippen LogP contribution is 2.28. The summed E-state index contributed by atoms with van der Waals surface area (Å²) in [4.78, 5) is 6.94. The van der Waals surface area contributed by atoms with Gasteiger partial charge >= 0.3 is 0 Å². The van der Waals surface area contributed by atoms with Gasteiger partial charge in [0.1, 0.15) is 11.6 Å². The molecule has 2 aromatic heterocycles. The number of likely N-dealkylation sites (tertiary alicyclic amines) is 1. The normalized spacial score (nSPS) is 20.1. The van der Waals surface area contributed by atoms with Gasteiger partial charge in [-0.15, -0.1) is 0 Å². The van der Waals surface area contributed by atoms with E-state index in [1.165, 1.54) is 31.4 Å². The first-order chi connectivity index (χ1) is 14.7. The Labute approximate surface area is 179 Å². The molecule has 7 nitrogen and oxygen atoms in total. The molecule has 0 spiro atoms. The number of aryl methyl sites for hydroxylation is 1. The van der Waals surface area contributed by atoms with E-state index in [4.69, 9.17) is 21.8 Å². The number of benzene rings is 1. The van der Waals surface area contributed by atoms with Crippen LogP contribution in [0.5, 0.6) is 0 Å². The first-order valence-electron chi connectivity index (χ1n) is 10.7. The molecular formula is C21H25FN6OS. The van der Waals surface area contributed by atoms with E-state index in [2.05, 4.69) is 19.6 Å². The molecule has 0 aliphatic carbocycles. The van der Waals surface area contributed by atoms with Crippen LogP contribution in [0.15, 0.2) is 28.8 Å². The topological polar surface area (TPSA) is 64.9 Å². The third kappa shape index (κ3) is 3.96. The number of fused-ring (bicyclic) bond motifs is 1. The lowest BCUT2D eigenvalue weighted by atomic mass is 9.98. The highest BCUT2D eigenvalue weighted by atomic mass is 32.1. The Hall–Kier alpha value is -2.39. The minimum atomic E-state index is -0.277. The minimum Gasteiger partial charge on any atom is -0.339 e. The lowest BCUT2D eigenvalue weighted by Gasteiger charge is -2.30. The zero-order valence-corrected chi connectivity index (χ0v) is 17.7. The highest BCUT2D eigenvalue weighted by Gasteiger charge is 2.27. The molecule has 1 unspecified atom stereocenters. The van der Waals surface area contributed by atoms with Gasteiger partial charge in [-0.2, -0.15) is 10.1 Å². The van der Waals surface area contributed by atoms with Gasteiger partial charge in [-0.3, -0.25) is 4.90 Å². The average molecular weight is 429 g/mol. The number of rotatable bonds is 4. The van der Waals surface area contributed by atoms with Crippen LogP contribution in [0.3, 0.4) is 0 Å². The van der Waals surface area contributed by atoms with Crippen molar-refractivity contribution in [2.75, 3.05) is 13.1 Å². The third-order valence-electron chi connectivity index (χ3n) is 6.01. The maximum Gasteiger partial charge on any atom is 0.231 e. The van der Waals surface area contributed by atoms with Crippen molar-refractivity contribution in [3.8, 4) is 11.4 Å². The van der Waals surface area contributed by atoms with E-state index in [-0.39, 0.29) is 11.7 Å². The largest absolute Gasteiger partial charge is 0.339 e. The summed E-state index contributed by atoms with van der Waals surface area (Å²) < 4.78 is 23.7. The fraction of sp³-hybridized carbons (Fsp3) is 0.524.